The highest BCUT2D eigenvalue weighted by atomic mass is 16.2. The van der Waals surface area contributed by atoms with Gasteiger partial charge in [-0.1, -0.05) is 31.1 Å². The van der Waals surface area contributed by atoms with Crippen LogP contribution in [-0.2, 0) is 0 Å². The first-order chi connectivity index (χ1) is 10.6. The molecular weight excluding hydrogens is 274 g/mol. The number of hydrogen-bond acceptors (Lipinski definition) is 2. The molecule has 1 fully saturated rings. The number of nitrogens with one attached hydrogen (secondary N) is 2. The van der Waals surface area contributed by atoms with E-state index in [1.54, 1.807) is 0 Å². The summed E-state index contributed by atoms with van der Waals surface area (Å²) in [5, 5.41) is 5.81. The van der Waals surface area contributed by atoms with E-state index in [9.17, 15) is 4.79 Å². The lowest BCUT2D eigenvalue weighted by Crippen LogP contribution is -2.42. The van der Waals surface area contributed by atoms with E-state index in [2.05, 4.69) is 22.5 Å². The predicted molar refractivity (Wildman–Crippen MR) is 91.1 cm³/mol. The Hall–Kier alpha value is -2.15. The number of urea groups is 1. The van der Waals surface area contributed by atoms with Gasteiger partial charge in [-0.2, -0.15) is 0 Å². The minimum Gasteiger partial charge on any atom is -0.378 e. The van der Waals surface area contributed by atoms with Gasteiger partial charge in [0.25, 0.3) is 0 Å². The molecule has 1 aromatic carbocycles. The topological polar surface area (TPSA) is 44.4 Å². The van der Waals surface area contributed by atoms with Gasteiger partial charge < -0.3 is 15.5 Å². The molecule has 0 aromatic heterocycles. The Labute approximate surface area is 133 Å². The molecule has 4 heteroatoms. The second kappa shape index (κ2) is 8.33. The zero-order chi connectivity index (χ0) is 15.8. The summed E-state index contributed by atoms with van der Waals surface area (Å²) in [6.07, 6.45) is 5.91. The third kappa shape index (κ3) is 5.33. The summed E-state index contributed by atoms with van der Waals surface area (Å²) in [7, 11) is 4.02. The molecule has 4 nitrogen and oxygen atoms in total. The summed E-state index contributed by atoms with van der Waals surface area (Å²) in [4.78, 5) is 13.8. The average Bonchev–Trinajstić information content (AvgIpc) is 2.53. The number of carbonyl (C=O) groups is 1. The molecule has 1 aliphatic carbocycles. The Bertz CT molecular complexity index is 534. The number of nitrogens with zero attached hydrogens (tertiary/aromatic N) is 1. The summed E-state index contributed by atoms with van der Waals surface area (Å²) in [5.41, 5.74) is 2.11. The van der Waals surface area contributed by atoms with Crippen molar-refractivity contribution in [3.8, 4) is 11.8 Å². The molecule has 0 heterocycles. The third-order valence-electron chi connectivity index (χ3n) is 3.89. The van der Waals surface area contributed by atoms with Crippen molar-refractivity contribution in [3.05, 3.63) is 29.8 Å². The second-order valence-corrected chi connectivity index (χ2v) is 5.91. The molecule has 0 spiro atoms. The van der Waals surface area contributed by atoms with Crippen LogP contribution in [0.2, 0.25) is 0 Å². The van der Waals surface area contributed by atoms with E-state index in [1.165, 1.54) is 19.3 Å². The lowest BCUT2D eigenvalue weighted by molar-refractivity contribution is 0.234. The maximum Gasteiger partial charge on any atom is 0.315 e. The van der Waals surface area contributed by atoms with Gasteiger partial charge in [0.2, 0.25) is 0 Å². The van der Waals surface area contributed by atoms with Crippen LogP contribution < -0.4 is 15.5 Å². The lowest BCUT2D eigenvalue weighted by Gasteiger charge is -2.22. The van der Waals surface area contributed by atoms with Crippen LogP contribution in [0, 0.1) is 11.8 Å². The number of benzene rings is 1. The molecule has 1 aliphatic rings. The molecule has 1 saturated carbocycles. The number of rotatable bonds is 3. The van der Waals surface area contributed by atoms with Crippen molar-refractivity contribution in [2.75, 3.05) is 25.5 Å². The highest BCUT2D eigenvalue weighted by Gasteiger charge is 2.14. The van der Waals surface area contributed by atoms with Gasteiger partial charge >= 0.3 is 6.03 Å². The smallest absolute Gasteiger partial charge is 0.315 e. The first-order valence-corrected chi connectivity index (χ1v) is 7.96. The normalized spacial score (nSPS) is 14.6. The first kappa shape index (κ1) is 16.2. The van der Waals surface area contributed by atoms with Crippen molar-refractivity contribution < 1.29 is 4.79 Å². The Morgan fingerprint density at radius 2 is 1.86 bits per heavy atom. The molecule has 0 saturated heterocycles. The van der Waals surface area contributed by atoms with Crippen LogP contribution in [-0.4, -0.2) is 32.7 Å². The largest absolute Gasteiger partial charge is 0.378 e. The predicted octanol–water partition coefficient (Wildman–Crippen LogP) is 2.74. The lowest BCUT2D eigenvalue weighted by atomic mass is 9.96. The van der Waals surface area contributed by atoms with E-state index < -0.39 is 0 Å². The SMILES string of the molecule is CN(C)c1ccc(C#CCNC(=O)NC2CCCCC2)cc1. The number of hydrogen-bond donors (Lipinski definition) is 2. The van der Waals surface area contributed by atoms with Crippen LogP contribution in [0.5, 0.6) is 0 Å². The van der Waals surface area contributed by atoms with E-state index in [4.69, 9.17) is 0 Å². The van der Waals surface area contributed by atoms with Gasteiger partial charge in [0, 0.05) is 31.4 Å². The zero-order valence-electron chi connectivity index (χ0n) is 13.5. The molecule has 0 unspecified atom stereocenters. The second-order valence-electron chi connectivity index (χ2n) is 5.91. The molecule has 0 bridgehead atoms. The molecule has 2 amide bonds. The fraction of sp³-hybridized carbons (Fsp3) is 0.500. The Morgan fingerprint density at radius 3 is 2.50 bits per heavy atom. The molecular formula is C18H25N3O. The molecule has 0 atom stereocenters. The molecule has 1 aromatic rings. The van der Waals surface area contributed by atoms with Crippen molar-refractivity contribution in [2.45, 2.75) is 38.1 Å². The molecule has 22 heavy (non-hydrogen) atoms. The average molecular weight is 299 g/mol. The van der Waals surface area contributed by atoms with Crippen LogP contribution in [0.1, 0.15) is 37.7 Å². The number of anilines is 1. The Kier molecular flexibility index (Phi) is 6.14. The molecule has 0 radical (unpaired) electrons. The van der Waals surface area contributed by atoms with Gasteiger partial charge in [-0.15, -0.1) is 0 Å². The maximum atomic E-state index is 11.7. The van der Waals surface area contributed by atoms with Gasteiger partial charge in [0.05, 0.1) is 6.54 Å². The monoisotopic (exact) mass is 299 g/mol. The van der Waals surface area contributed by atoms with E-state index in [0.717, 1.165) is 24.1 Å². The highest BCUT2D eigenvalue weighted by molar-refractivity contribution is 5.74. The number of amides is 2. The van der Waals surface area contributed by atoms with Gasteiger partial charge in [-0.3, -0.25) is 0 Å². The summed E-state index contributed by atoms with van der Waals surface area (Å²) >= 11 is 0. The summed E-state index contributed by atoms with van der Waals surface area (Å²) in [6.45, 7) is 0.369. The van der Waals surface area contributed by atoms with Gasteiger partial charge in [0.15, 0.2) is 0 Å². The third-order valence-corrected chi connectivity index (χ3v) is 3.89. The molecule has 118 valence electrons. The highest BCUT2D eigenvalue weighted by Crippen LogP contribution is 2.17. The fourth-order valence-corrected chi connectivity index (χ4v) is 2.60. The van der Waals surface area contributed by atoms with Gasteiger partial charge in [-0.25, -0.2) is 4.79 Å². The van der Waals surface area contributed by atoms with E-state index in [0.29, 0.717) is 12.6 Å². The van der Waals surface area contributed by atoms with Crippen molar-refractivity contribution in [2.24, 2.45) is 0 Å². The van der Waals surface area contributed by atoms with Crippen LogP contribution in [0.3, 0.4) is 0 Å². The van der Waals surface area contributed by atoms with E-state index in [-0.39, 0.29) is 6.03 Å². The van der Waals surface area contributed by atoms with Crippen LogP contribution >= 0.6 is 0 Å². The minimum absolute atomic E-state index is 0.107. The van der Waals surface area contributed by atoms with Crippen LogP contribution in [0.15, 0.2) is 24.3 Å². The van der Waals surface area contributed by atoms with Crippen molar-refractivity contribution in [1.29, 1.82) is 0 Å². The quantitative estimate of drug-likeness (QED) is 0.843. The minimum atomic E-state index is -0.107. The van der Waals surface area contributed by atoms with Crippen molar-refractivity contribution in [1.82, 2.24) is 10.6 Å². The molecule has 0 aliphatic heterocycles. The maximum absolute atomic E-state index is 11.7. The Morgan fingerprint density at radius 1 is 1.18 bits per heavy atom. The van der Waals surface area contributed by atoms with Gasteiger partial charge in [-0.05, 0) is 37.1 Å². The van der Waals surface area contributed by atoms with E-state index >= 15 is 0 Å². The first-order valence-electron chi connectivity index (χ1n) is 7.96. The standard InChI is InChI=1S/C18H25N3O/c1-21(2)17-12-10-15(11-13-17)7-6-14-19-18(22)20-16-8-4-3-5-9-16/h10-13,16H,3-5,8-9,14H2,1-2H3,(H2,19,20,22). The van der Waals surface area contributed by atoms with Gasteiger partial charge in [0.1, 0.15) is 0 Å². The number of carbonyl (C=O) groups excluding carboxylic acids is 1. The Balaban J connectivity index is 1.72. The van der Waals surface area contributed by atoms with Crippen LogP contribution in [0.25, 0.3) is 0 Å². The fourth-order valence-electron chi connectivity index (χ4n) is 2.60. The van der Waals surface area contributed by atoms with Crippen LogP contribution in [0.4, 0.5) is 10.5 Å². The zero-order valence-corrected chi connectivity index (χ0v) is 13.5. The summed E-state index contributed by atoms with van der Waals surface area (Å²) in [5.74, 6) is 6.04. The van der Waals surface area contributed by atoms with Crippen molar-refractivity contribution in [3.63, 3.8) is 0 Å². The molecule has 2 rings (SSSR count). The summed E-state index contributed by atoms with van der Waals surface area (Å²) < 4.78 is 0. The van der Waals surface area contributed by atoms with E-state index in [1.807, 2.05) is 43.3 Å². The summed E-state index contributed by atoms with van der Waals surface area (Å²) in [6, 6.07) is 8.28. The molecule has 2 N–H and O–H groups in total. The van der Waals surface area contributed by atoms with Crippen molar-refractivity contribution >= 4 is 11.7 Å².